The van der Waals surface area contributed by atoms with E-state index in [-0.39, 0.29) is 60.5 Å². The lowest BCUT2D eigenvalue weighted by Crippen LogP contribution is -2.55. The molecule has 4 amide bonds. The number of ether oxygens (including phenoxy) is 4. The highest BCUT2D eigenvalue weighted by Gasteiger charge is 2.44. The first-order valence-corrected chi connectivity index (χ1v) is 23.4. The molecule has 5 heterocycles. The minimum atomic E-state index is -0.751. The number of imidazole rings is 2. The topological polar surface area (TPSA) is 193 Å². The molecule has 0 aliphatic carbocycles. The van der Waals surface area contributed by atoms with E-state index in [2.05, 4.69) is 70.8 Å². The van der Waals surface area contributed by atoms with Gasteiger partial charge in [0.25, 0.3) is 0 Å². The maximum atomic E-state index is 14.5. The lowest BCUT2D eigenvalue weighted by atomic mass is 9.85. The van der Waals surface area contributed by atoms with Crippen molar-refractivity contribution in [3.05, 3.63) is 65.9 Å². The zero-order valence-corrected chi connectivity index (χ0v) is 39.5. The molecule has 8 rings (SSSR count). The number of methoxy groups -OCH3 is 2. The fraction of sp³-hybridized carbons (Fsp3) is 0.520. The van der Waals surface area contributed by atoms with Crippen molar-refractivity contribution in [2.75, 3.05) is 14.2 Å². The number of hydrogen-bond acceptors (Lipinski definition) is 10. The molecule has 0 unspecified atom stereocenters. The Labute approximate surface area is 385 Å². The Morgan fingerprint density at radius 2 is 1.67 bits per heavy atom. The van der Waals surface area contributed by atoms with Crippen molar-refractivity contribution >= 4 is 45.8 Å². The van der Waals surface area contributed by atoms with Gasteiger partial charge in [0.15, 0.2) is 0 Å². The fourth-order valence-corrected chi connectivity index (χ4v) is 10.4. The summed E-state index contributed by atoms with van der Waals surface area (Å²) in [5, 5.41) is 7.59. The fourth-order valence-electron chi connectivity index (χ4n) is 10.4. The van der Waals surface area contributed by atoms with Crippen LogP contribution >= 0.6 is 0 Å². The normalized spacial score (nSPS) is 21.7. The van der Waals surface area contributed by atoms with Crippen LogP contribution in [-0.2, 0) is 37.0 Å². The quantitative estimate of drug-likeness (QED) is 0.0890. The van der Waals surface area contributed by atoms with Gasteiger partial charge in [-0.3, -0.25) is 9.59 Å². The van der Waals surface area contributed by atoms with Crippen molar-refractivity contribution in [1.29, 1.82) is 0 Å². The highest BCUT2D eigenvalue weighted by Crippen LogP contribution is 2.43. The molecule has 3 aliphatic heterocycles. The van der Waals surface area contributed by atoms with Gasteiger partial charge < -0.3 is 49.3 Å². The Hall–Kier alpha value is -6.16. The number of benzene rings is 3. The number of amides is 4. The van der Waals surface area contributed by atoms with Gasteiger partial charge in [-0.25, -0.2) is 19.6 Å². The van der Waals surface area contributed by atoms with Crippen LogP contribution in [0.25, 0.3) is 44.2 Å². The van der Waals surface area contributed by atoms with Crippen molar-refractivity contribution in [3.8, 4) is 28.1 Å². The van der Waals surface area contributed by atoms with Gasteiger partial charge in [-0.15, -0.1) is 0 Å². The van der Waals surface area contributed by atoms with Crippen molar-refractivity contribution < 1.29 is 38.1 Å². The van der Waals surface area contributed by atoms with Gasteiger partial charge in [-0.1, -0.05) is 45.4 Å². The highest BCUT2D eigenvalue weighted by atomic mass is 16.5. The summed E-state index contributed by atoms with van der Waals surface area (Å²) < 4.78 is 22.2. The summed E-state index contributed by atoms with van der Waals surface area (Å²) in [6, 6.07) is 12.7. The van der Waals surface area contributed by atoms with Gasteiger partial charge in [0.1, 0.15) is 36.1 Å². The number of aromatic amines is 2. The molecule has 2 saturated heterocycles. The smallest absolute Gasteiger partial charge is 0.407 e. The molecule has 0 spiro atoms. The Balaban J connectivity index is 1.03. The number of aromatic nitrogens is 4. The third kappa shape index (κ3) is 9.29. The van der Waals surface area contributed by atoms with Gasteiger partial charge in [0.2, 0.25) is 11.8 Å². The predicted octanol–water partition coefficient (Wildman–Crippen LogP) is 8.54. The van der Waals surface area contributed by atoms with Crippen LogP contribution in [0.15, 0.2) is 48.7 Å². The van der Waals surface area contributed by atoms with Crippen molar-refractivity contribution in [2.45, 2.75) is 143 Å². The highest BCUT2D eigenvalue weighted by molar-refractivity contribution is 6.07. The largest absolute Gasteiger partial charge is 0.488 e. The maximum Gasteiger partial charge on any atom is 0.407 e. The van der Waals surface area contributed by atoms with E-state index in [0.717, 1.165) is 81.2 Å². The van der Waals surface area contributed by atoms with E-state index >= 15 is 0 Å². The molecule has 0 radical (unpaired) electrons. The van der Waals surface area contributed by atoms with Crippen LogP contribution in [0.4, 0.5) is 9.59 Å². The standard InChI is InChI=1S/C50H64N8O8/c1-10-11-27(4)57(47(59)43(26(2)3)55-49(61)63-8)24-42-52-38-16-14-31-21-37-35-15-13-32(20-34(35)25-65-41(37)22-36(31)45(38)54-42)39-23-51-46(53-39)40-17-12-28(5)58(40)48(60)44(56-50(62)64-9)33-18-29(6)66-30(7)19-33/h13-16,20-23,26-30,33,40,43-44H,10-12,17-19,24-25H2,1-9H3,(H,51,53)(H,52,54)(H,55,61)(H,56,62)/t27-,28-,29+,30+,40-,43-,44-/m0/s1. The molecule has 7 atom stereocenters. The summed E-state index contributed by atoms with van der Waals surface area (Å²) in [5.41, 5.74) is 6.52. The first-order valence-electron chi connectivity index (χ1n) is 23.4. The molecule has 0 saturated carbocycles. The second-order valence-electron chi connectivity index (χ2n) is 18.8. The van der Waals surface area contributed by atoms with E-state index in [0.29, 0.717) is 31.1 Å². The molecule has 16 nitrogen and oxygen atoms in total. The number of hydrogen-bond donors (Lipinski definition) is 4. The first kappa shape index (κ1) is 46.4. The van der Waals surface area contributed by atoms with Crippen molar-refractivity contribution in [2.24, 2.45) is 11.8 Å². The molecule has 0 bridgehead atoms. The zero-order chi connectivity index (χ0) is 47.0. The number of H-pyrrole nitrogens is 2. The molecule has 66 heavy (non-hydrogen) atoms. The lowest BCUT2D eigenvalue weighted by molar-refractivity contribution is -0.140. The summed E-state index contributed by atoms with van der Waals surface area (Å²) in [4.78, 5) is 73.8. The summed E-state index contributed by atoms with van der Waals surface area (Å²) in [7, 11) is 2.61. The Morgan fingerprint density at radius 1 is 0.924 bits per heavy atom. The van der Waals surface area contributed by atoms with E-state index in [9.17, 15) is 19.2 Å². The van der Waals surface area contributed by atoms with Crippen LogP contribution in [-0.4, -0.2) is 104 Å². The Morgan fingerprint density at radius 3 is 2.38 bits per heavy atom. The molecule has 2 fully saturated rings. The monoisotopic (exact) mass is 904 g/mol. The minimum Gasteiger partial charge on any atom is -0.488 e. The van der Waals surface area contributed by atoms with Crippen LogP contribution in [0.1, 0.15) is 110 Å². The lowest BCUT2D eigenvalue weighted by Gasteiger charge is -2.39. The van der Waals surface area contributed by atoms with Crippen LogP contribution < -0.4 is 15.4 Å². The molecule has 5 aromatic rings. The number of rotatable bonds is 13. The molecular formula is C50H64N8O8. The number of nitrogens with zero attached hydrogens (tertiary/aromatic N) is 4. The van der Waals surface area contributed by atoms with Crippen LogP contribution in [0, 0.1) is 11.8 Å². The minimum absolute atomic E-state index is 0.0317. The van der Waals surface area contributed by atoms with Gasteiger partial charge in [0.05, 0.1) is 61.9 Å². The number of carbonyl (C=O) groups is 4. The predicted molar refractivity (Wildman–Crippen MR) is 250 cm³/mol. The molecular weight excluding hydrogens is 841 g/mol. The first-order chi connectivity index (χ1) is 31.7. The summed E-state index contributed by atoms with van der Waals surface area (Å²) in [6.45, 7) is 14.6. The van der Waals surface area contributed by atoms with Crippen molar-refractivity contribution in [1.82, 2.24) is 40.4 Å². The number of alkyl carbamates (subject to hydrolysis) is 2. The number of likely N-dealkylation sites (tertiary alicyclic amines) is 1. The van der Waals surface area contributed by atoms with E-state index in [1.165, 1.54) is 14.2 Å². The molecule has 2 aromatic heterocycles. The van der Waals surface area contributed by atoms with Gasteiger partial charge in [-0.05, 0) is 118 Å². The van der Waals surface area contributed by atoms with E-state index in [4.69, 9.17) is 28.9 Å². The molecule has 3 aromatic carbocycles. The van der Waals surface area contributed by atoms with Crippen LogP contribution in [0.3, 0.4) is 0 Å². The Bertz CT molecular complexity index is 2600. The molecule has 352 valence electrons. The van der Waals surface area contributed by atoms with Gasteiger partial charge >= 0.3 is 12.2 Å². The average Bonchev–Trinajstić information content (AvgIpc) is 4.06. The average molecular weight is 905 g/mol. The molecule has 16 heteroatoms. The van der Waals surface area contributed by atoms with Crippen LogP contribution in [0.5, 0.6) is 5.75 Å². The number of carbonyl (C=O) groups excluding carboxylic acids is 4. The van der Waals surface area contributed by atoms with E-state index < -0.39 is 24.3 Å². The second-order valence-corrected chi connectivity index (χ2v) is 18.8. The van der Waals surface area contributed by atoms with Crippen LogP contribution in [0.2, 0.25) is 0 Å². The SMILES string of the molecule is CCC[C@H](C)N(Cc1nc2ccc3cc4c(cc3c2[nH]1)OCc1cc(-c2cnc([C@@H]3CC[C@H](C)N3C(=O)[C@@H](NC(=O)OC)C3C[C@@H](C)O[C@H](C)C3)[nH]2)ccc1-4)C(=O)[C@@H](NC(=O)OC)C(C)C. The third-order valence-corrected chi connectivity index (χ3v) is 13.7. The second kappa shape index (κ2) is 19.4. The molecule has 3 aliphatic rings. The zero-order valence-electron chi connectivity index (χ0n) is 39.5. The number of fused-ring (bicyclic) bond motifs is 6. The molecule has 4 N–H and O–H groups in total. The summed E-state index contributed by atoms with van der Waals surface area (Å²) in [5.74, 6) is 1.55. The van der Waals surface area contributed by atoms with E-state index in [1.807, 2.05) is 51.8 Å². The third-order valence-electron chi connectivity index (χ3n) is 13.7. The summed E-state index contributed by atoms with van der Waals surface area (Å²) >= 11 is 0. The summed E-state index contributed by atoms with van der Waals surface area (Å²) in [6.07, 6.45) is 5.04. The Kier molecular flexibility index (Phi) is 13.6. The van der Waals surface area contributed by atoms with Gasteiger partial charge in [-0.2, -0.15) is 0 Å². The van der Waals surface area contributed by atoms with Gasteiger partial charge in [0, 0.05) is 23.0 Å². The van der Waals surface area contributed by atoms with Crippen molar-refractivity contribution in [3.63, 3.8) is 0 Å². The number of nitrogens with one attached hydrogen (secondary N) is 4. The van der Waals surface area contributed by atoms with E-state index in [1.54, 1.807) is 4.90 Å². The maximum absolute atomic E-state index is 14.5.